The van der Waals surface area contributed by atoms with Crippen molar-refractivity contribution in [2.75, 3.05) is 5.32 Å². The second-order valence-electron chi connectivity index (χ2n) is 6.43. The summed E-state index contributed by atoms with van der Waals surface area (Å²) in [7, 11) is 0. The quantitative estimate of drug-likeness (QED) is 0.786. The molecule has 5 heteroatoms. The topological polar surface area (TPSA) is 59.8 Å². The molecule has 0 saturated carbocycles. The van der Waals surface area contributed by atoms with Gasteiger partial charge in [-0.3, -0.25) is 4.79 Å². The van der Waals surface area contributed by atoms with Crippen LogP contribution < -0.4 is 5.32 Å². The lowest BCUT2D eigenvalue weighted by atomic mass is 10.1. The summed E-state index contributed by atoms with van der Waals surface area (Å²) >= 11 is 0. The van der Waals surface area contributed by atoms with E-state index in [1.807, 2.05) is 65.0 Å². The number of anilines is 1. The number of rotatable bonds is 3. The molecule has 25 heavy (non-hydrogen) atoms. The first kappa shape index (κ1) is 16.9. The number of carbonyl (C=O) groups is 1. The highest BCUT2D eigenvalue weighted by molar-refractivity contribution is 6.04. The van der Waals surface area contributed by atoms with Crippen molar-refractivity contribution in [2.45, 2.75) is 34.6 Å². The second-order valence-corrected chi connectivity index (χ2v) is 6.43. The van der Waals surface area contributed by atoms with E-state index in [0.29, 0.717) is 5.69 Å². The van der Waals surface area contributed by atoms with Crippen molar-refractivity contribution in [3.8, 4) is 5.69 Å². The summed E-state index contributed by atoms with van der Waals surface area (Å²) in [4.78, 5) is 12.7. The van der Waals surface area contributed by atoms with Gasteiger partial charge < -0.3 is 5.32 Å². The summed E-state index contributed by atoms with van der Waals surface area (Å²) < 4.78 is 1.72. The molecule has 0 radical (unpaired) electrons. The van der Waals surface area contributed by atoms with Gasteiger partial charge in [0.1, 0.15) is 0 Å². The molecular weight excluding hydrogens is 312 g/mol. The maximum Gasteiger partial charge on any atom is 0.278 e. The van der Waals surface area contributed by atoms with Crippen LogP contribution in [0, 0.1) is 34.6 Å². The Morgan fingerprint density at radius 1 is 1.00 bits per heavy atom. The van der Waals surface area contributed by atoms with Crippen molar-refractivity contribution in [1.82, 2.24) is 15.0 Å². The molecule has 1 amide bonds. The summed E-state index contributed by atoms with van der Waals surface area (Å²) in [6.07, 6.45) is 0. The first-order chi connectivity index (χ1) is 11.9. The SMILES string of the molecule is Cc1ccc(-n2nnc(C(=O)Nc3cccc(C)c3C)c2C)c(C)c1. The minimum absolute atomic E-state index is 0.248. The van der Waals surface area contributed by atoms with Crippen LogP contribution in [-0.2, 0) is 0 Å². The molecule has 0 bridgehead atoms. The maximum atomic E-state index is 12.7. The molecule has 1 aromatic heterocycles. The van der Waals surface area contributed by atoms with Crippen molar-refractivity contribution in [3.63, 3.8) is 0 Å². The fourth-order valence-electron chi connectivity index (χ4n) is 2.88. The monoisotopic (exact) mass is 334 g/mol. The Hall–Kier alpha value is -2.95. The molecule has 0 aliphatic heterocycles. The van der Waals surface area contributed by atoms with Crippen LogP contribution in [0.15, 0.2) is 36.4 Å². The van der Waals surface area contributed by atoms with Gasteiger partial charge in [-0.1, -0.05) is 35.0 Å². The van der Waals surface area contributed by atoms with Gasteiger partial charge in [0.25, 0.3) is 5.91 Å². The van der Waals surface area contributed by atoms with Crippen LogP contribution in [0.2, 0.25) is 0 Å². The van der Waals surface area contributed by atoms with E-state index in [9.17, 15) is 4.79 Å². The molecule has 0 saturated heterocycles. The number of aromatic nitrogens is 3. The minimum atomic E-state index is -0.248. The van der Waals surface area contributed by atoms with Crippen LogP contribution in [0.25, 0.3) is 5.69 Å². The van der Waals surface area contributed by atoms with Crippen LogP contribution in [-0.4, -0.2) is 20.9 Å². The average molecular weight is 334 g/mol. The lowest BCUT2D eigenvalue weighted by molar-refractivity contribution is 0.102. The number of benzene rings is 2. The number of hydrogen-bond acceptors (Lipinski definition) is 3. The highest BCUT2D eigenvalue weighted by atomic mass is 16.2. The molecule has 0 aliphatic rings. The minimum Gasteiger partial charge on any atom is -0.320 e. The summed E-state index contributed by atoms with van der Waals surface area (Å²) in [5, 5.41) is 11.2. The van der Waals surface area contributed by atoms with Crippen LogP contribution >= 0.6 is 0 Å². The molecule has 0 unspecified atom stereocenters. The molecule has 128 valence electrons. The molecule has 1 N–H and O–H groups in total. The average Bonchev–Trinajstić information content (AvgIpc) is 2.93. The molecule has 5 nitrogen and oxygen atoms in total. The van der Waals surface area contributed by atoms with Crippen molar-refractivity contribution >= 4 is 11.6 Å². The molecular formula is C20H22N4O. The lowest BCUT2D eigenvalue weighted by Crippen LogP contribution is -2.15. The van der Waals surface area contributed by atoms with E-state index in [4.69, 9.17) is 0 Å². The number of carbonyl (C=O) groups excluding carboxylic acids is 1. The smallest absolute Gasteiger partial charge is 0.278 e. The van der Waals surface area contributed by atoms with E-state index in [-0.39, 0.29) is 5.91 Å². The predicted molar refractivity (Wildman–Crippen MR) is 99.4 cm³/mol. The normalized spacial score (nSPS) is 10.8. The first-order valence-corrected chi connectivity index (χ1v) is 8.26. The zero-order chi connectivity index (χ0) is 18.1. The van der Waals surface area contributed by atoms with Crippen molar-refractivity contribution in [1.29, 1.82) is 0 Å². The van der Waals surface area contributed by atoms with Gasteiger partial charge in [0, 0.05) is 5.69 Å². The van der Waals surface area contributed by atoms with Crippen molar-refractivity contribution in [2.24, 2.45) is 0 Å². The van der Waals surface area contributed by atoms with Crippen molar-refractivity contribution in [3.05, 3.63) is 70.0 Å². The third kappa shape index (κ3) is 3.18. The molecule has 2 aromatic carbocycles. The van der Waals surface area contributed by atoms with E-state index in [0.717, 1.165) is 33.8 Å². The van der Waals surface area contributed by atoms with Gasteiger partial charge in [-0.15, -0.1) is 5.10 Å². The van der Waals surface area contributed by atoms with Crippen LogP contribution in [0.4, 0.5) is 5.69 Å². The molecule has 0 fully saturated rings. The summed E-state index contributed by atoms with van der Waals surface area (Å²) in [5.41, 5.74) is 7.24. The Labute approximate surface area is 147 Å². The van der Waals surface area contributed by atoms with Gasteiger partial charge in [0.05, 0.1) is 11.4 Å². The van der Waals surface area contributed by atoms with Gasteiger partial charge in [-0.25, -0.2) is 4.68 Å². The summed E-state index contributed by atoms with van der Waals surface area (Å²) in [6, 6.07) is 12.0. The largest absolute Gasteiger partial charge is 0.320 e. The zero-order valence-corrected chi connectivity index (χ0v) is 15.2. The van der Waals surface area contributed by atoms with Gasteiger partial charge in [0.15, 0.2) is 5.69 Å². The molecule has 3 aromatic rings. The van der Waals surface area contributed by atoms with Crippen LogP contribution in [0.1, 0.15) is 38.4 Å². The van der Waals surface area contributed by atoms with Gasteiger partial charge >= 0.3 is 0 Å². The Bertz CT molecular complexity index is 956. The number of aryl methyl sites for hydroxylation is 3. The Balaban J connectivity index is 1.93. The predicted octanol–water partition coefficient (Wildman–Crippen LogP) is 4.06. The molecule has 3 rings (SSSR count). The Morgan fingerprint density at radius 2 is 1.76 bits per heavy atom. The van der Waals surface area contributed by atoms with Crippen LogP contribution in [0.3, 0.4) is 0 Å². The number of amides is 1. The number of nitrogens with one attached hydrogen (secondary N) is 1. The van der Waals surface area contributed by atoms with E-state index in [1.165, 1.54) is 5.56 Å². The fraction of sp³-hybridized carbons (Fsp3) is 0.250. The standard InChI is InChI=1S/C20H22N4O/c1-12-9-10-18(14(3)11-12)24-16(5)19(22-23-24)20(25)21-17-8-6-7-13(2)15(17)4/h6-11H,1-5H3,(H,21,25). The van der Waals surface area contributed by atoms with Crippen molar-refractivity contribution < 1.29 is 4.79 Å². The van der Waals surface area contributed by atoms with E-state index >= 15 is 0 Å². The third-order valence-electron chi connectivity index (χ3n) is 4.54. The highest BCUT2D eigenvalue weighted by Gasteiger charge is 2.19. The van der Waals surface area contributed by atoms with Gasteiger partial charge in [-0.2, -0.15) is 0 Å². The third-order valence-corrected chi connectivity index (χ3v) is 4.54. The molecule has 0 atom stereocenters. The van der Waals surface area contributed by atoms with E-state index in [2.05, 4.69) is 21.7 Å². The summed E-state index contributed by atoms with van der Waals surface area (Å²) in [6.45, 7) is 9.95. The fourth-order valence-corrected chi connectivity index (χ4v) is 2.88. The summed E-state index contributed by atoms with van der Waals surface area (Å²) in [5.74, 6) is -0.248. The van der Waals surface area contributed by atoms with Gasteiger partial charge in [-0.05, 0) is 63.4 Å². The lowest BCUT2D eigenvalue weighted by Gasteiger charge is -2.10. The Morgan fingerprint density at radius 3 is 2.48 bits per heavy atom. The van der Waals surface area contributed by atoms with Crippen LogP contribution in [0.5, 0.6) is 0 Å². The number of hydrogen-bond donors (Lipinski definition) is 1. The molecule has 0 spiro atoms. The Kier molecular flexibility index (Phi) is 4.40. The van der Waals surface area contributed by atoms with Gasteiger partial charge in [0.2, 0.25) is 0 Å². The van der Waals surface area contributed by atoms with E-state index < -0.39 is 0 Å². The second kappa shape index (κ2) is 6.51. The molecule has 0 aliphatic carbocycles. The zero-order valence-electron chi connectivity index (χ0n) is 15.2. The maximum absolute atomic E-state index is 12.7. The molecule has 1 heterocycles. The first-order valence-electron chi connectivity index (χ1n) is 8.26. The van der Waals surface area contributed by atoms with E-state index in [1.54, 1.807) is 4.68 Å². The number of nitrogens with zero attached hydrogens (tertiary/aromatic N) is 3. The highest BCUT2D eigenvalue weighted by Crippen LogP contribution is 2.21.